The molecule has 0 aromatic carbocycles. The van der Waals surface area contributed by atoms with E-state index in [0.29, 0.717) is 12.8 Å². The van der Waals surface area contributed by atoms with Gasteiger partial charge in [-0.2, -0.15) is 0 Å². The minimum absolute atomic E-state index is 0.0370. The molecule has 0 aromatic heterocycles. The van der Waals surface area contributed by atoms with Crippen molar-refractivity contribution < 1.29 is 18.6 Å². The van der Waals surface area contributed by atoms with E-state index in [1.807, 2.05) is 0 Å². The van der Waals surface area contributed by atoms with Gasteiger partial charge in [-0.1, -0.05) is 0 Å². The van der Waals surface area contributed by atoms with Crippen molar-refractivity contribution in [2.45, 2.75) is 30.1 Å². The van der Waals surface area contributed by atoms with Gasteiger partial charge in [0.1, 0.15) is 0 Å². The second-order valence-corrected chi connectivity index (χ2v) is 6.12. The third-order valence-electron chi connectivity index (χ3n) is 2.14. The van der Waals surface area contributed by atoms with Gasteiger partial charge in [-0.15, -0.1) is 0 Å². The molecule has 0 radical (unpaired) electrons. The zero-order chi connectivity index (χ0) is 9.41. The van der Waals surface area contributed by atoms with E-state index in [0.717, 1.165) is 0 Å². The van der Waals surface area contributed by atoms with Crippen molar-refractivity contribution in [3.63, 3.8) is 0 Å². The first-order valence-electron chi connectivity index (χ1n) is 3.64. The van der Waals surface area contributed by atoms with Gasteiger partial charge in [0, 0.05) is 10.7 Å². The Balaban J connectivity index is 2.63. The fourth-order valence-corrected chi connectivity index (χ4v) is 2.81. The predicted molar refractivity (Wildman–Crippen MR) is 44.4 cm³/mol. The smallest absolute Gasteiger partial charge is 0.238 e. The van der Waals surface area contributed by atoms with Crippen molar-refractivity contribution in [3.8, 4) is 0 Å². The molecule has 0 bridgehead atoms. The van der Waals surface area contributed by atoms with Crippen LogP contribution in [0.25, 0.3) is 0 Å². The molecule has 1 aliphatic carbocycles. The Morgan fingerprint density at radius 1 is 1.50 bits per heavy atom. The molecule has 1 rings (SSSR count). The van der Waals surface area contributed by atoms with E-state index in [9.17, 15) is 8.42 Å². The number of hydrogen-bond donors (Lipinski definition) is 2. The summed E-state index contributed by atoms with van der Waals surface area (Å²) in [6, 6.07) is 0. The minimum Gasteiger partial charge on any atom is -0.394 e. The van der Waals surface area contributed by atoms with Gasteiger partial charge in [0.25, 0.3) is 0 Å². The molecule has 1 atom stereocenters. The third kappa shape index (κ3) is 1.90. The maximum atomic E-state index is 10.9. The molecule has 1 aliphatic rings. The summed E-state index contributed by atoms with van der Waals surface area (Å²) in [6.07, 6.45) is 0.0159. The van der Waals surface area contributed by atoms with Crippen LogP contribution < -0.4 is 0 Å². The summed E-state index contributed by atoms with van der Waals surface area (Å²) >= 11 is 0. The molecule has 1 saturated carbocycles. The number of rotatable bonds is 4. The van der Waals surface area contributed by atoms with E-state index < -0.39 is 26.5 Å². The first kappa shape index (κ1) is 10.2. The van der Waals surface area contributed by atoms with Gasteiger partial charge in [-0.3, -0.25) is 0 Å². The summed E-state index contributed by atoms with van der Waals surface area (Å²) in [5, 5.41) is 17.5. The van der Waals surface area contributed by atoms with Crippen molar-refractivity contribution in [2.24, 2.45) is 0 Å². The summed E-state index contributed by atoms with van der Waals surface area (Å²) in [5.74, 6) is 0. The normalized spacial score (nSPS) is 23.6. The molecule has 0 aliphatic heterocycles. The predicted octanol–water partition coefficient (Wildman–Crippen LogP) is -0.169. The molecular weight excluding hydrogens is 204 g/mol. The van der Waals surface area contributed by atoms with E-state index in [1.165, 1.54) is 0 Å². The quantitative estimate of drug-likeness (QED) is 0.638. The van der Waals surface area contributed by atoms with Gasteiger partial charge >= 0.3 is 0 Å². The second kappa shape index (κ2) is 3.14. The summed E-state index contributed by atoms with van der Waals surface area (Å²) in [6.45, 7) is -0.422. The first-order chi connectivity index (χ1) is 5.41. The van der Waals surface area contributed by atoms with E-state index in [2.05, 4.69) is 0 Å². The van der Waals surface area contributed by atoms with Gasteiger partial charge in [-0.05, 0) is 19.3 Å². The van der Waals surface area contributed by atoms with E-state index in [4.69, 9.17) is 20.9 Å². The molecule has 0 amide bonds. The molecule has 2 N–H and O–H groups in total. The average molecular weight is 215 g/mol. The fourth-order valence-electron chi connectivity index (χ4n) is 1.18. The van der Waals surface area contributed by atoms with E-state index in [1.54, 1.807) is 0 Å². The molecule has 4 nitrogen and oxygen atoms in total. The lowest BCUT2D eigenvalue weighted by atomic mass is 10.2. The highest BCUT2D eigenvalue weighted by atomic mass is 35.7. The highest BCUT2D eigenvalue weighted by Crippen LogP contribution is 2.49. The average Bonchev–Trinajstić information content (AvgIpc) is 2.67. The van der Waals surface area contributed by atoms with Gasteiger partial charge in [0.2, 0.25) is 9.05 Å². The molecule has 12 heavy (non-hydrogen) atoms. The topological polar surface area (TPSA) is 74.6 Å². The zero-order valence-corrected chi connectivity index (χ0v) is 7.98. The Hall–Kier alpha value is 0.160. The highest BCUT2D eigenvalue weighted by molar-refractivity contribution is 8.15. The van der Waals surface area contributed by atoms with E-state index in [-0.39, 0.29) is 6.42 Å². The first-order valence-corrected chi connectivity index (χ1v) is 5.95. The molecule has 0 aromatic rings. The Bertz CT molecular complexity index is 257. The van der Waals surface area contributed by atoms with Crippen LogP contribution in [0.2, 0.25) is 0 Å². The highest BCUT2D eigenvalue weighted by Gasteiger charge is 2.54. The lowest BCUT2D eigenvalue weighted by molar-refractivity contribution is 0.0859. The number of hydrogen-bond acceptors (Lipinski definition) is 4. The van der Waals surface area contributed by atoms with Crippen LogP contribution in [0.5, 0.6) is 0 Å². The molecule has 6 heteroatoms. The van der Waals surface area contributed by atoms with Crippen molar-refractivity contribution >= 4 is 19.7 Å². The Labute approximate surface area is 75.6 Å². The largest absolute Gasteiger partial charge is 0.394 e. The van der Waals surface area contributed by atoms with Crippen LogP contribution in [0.15, 0.2) is 0 Å². The van der Waals surface area contributed by atoms with Crippen molar-refractivity contribution in [2.75, 3.05) is 6.61 Å². The minimum atomic E-state index is -3.60. The number of aliphatic hydroxyl groups is 2. The van der Waals surface area contributed by atoms with Crippen LogP contribution in [0.3, 0.4) is 0 Å². The van der Waals surface area contributed by atoms with Crippen LogP contribution in [-0.4, -0.2) is 36.1 Å². The van der Waals surface area contributed by atoms with Gasteiger partial charge in [0.15, 0.2) is 0 Å². The van der Waals surface area contributed by atoms with Crippen molar-refractivity contribution in [3.05, 3.63) is 0 Å². The Morgan fingerprint density at radius 2 is 2.00 bits per heavy atom. The van der Waals surface area contributed by atoms with Gasteiger partial charge in [0.05, 0.1) is 17.5 Å². The summed E-state index contributed by atoms with van der Waals surface area (Å²) in [5.41, 5.74) is 0. The van der Waals surface area contributed by atoms with Crippen LogP contribution in [0, 0.1) is 0 Å². The summed E-state index contributed by atoms with van der Waals surface area (Å²) < 4.78 is 20.9. The van der Waals surface area contributed by atoms with Crippen LogP contribution in [0.4, 0.5) is 0 Å². The third-order valence-corrected chi connectivity index (χ3v) is 4.73. The Morgan fingerprint density at radius 3 is 2.25 bits per heavy atom. The molecule has 72 valence electrons. The monoisotopic (exact) mass is 214 g/mol. The van der Waals surface area contributed by atoms with Crippen LogP contribution in [-0.2, 0) is 9.05 Å². The fraction of sp³-hybridized carbons (Fsp3) is 1.00. The number of aliphatic hydroxyl groups excluding tert-OH is 2. The lowest BCUT2D eigenvalue weighted by Gasteiger charge is -2.13. The lowest BCUT2D eigenvalue weighted by Crippen LogP contribution is -2.26. The molecular formula is C6H11ClO4S. The summed E-state index contributed by atoms with van der Waals surface area (Å²) in [7, 11) is 1.57. The summed E-state index contributed by atoms with van der Waals surface area (Å²) in [4.78, 5) is 0. The Kier molecular flexibility index (Phi) is 2.68. The molecule has 0 saturated heterocycles. The van der Waals surface area contributed by atoms with Crippen LogP contribution in [0.1, 0.15) is 19.3 Å². The second-order valence-electron chi connectivity index (χ2n) is 3.16. The number of halogens is 1. The molecule has 0 heterocycles. The molecule has 1 unspecified atom stereocenters. The van der Waals surface area contributed by atoms with E-state index >= 15 is 0 Å². The maximum absolute atomic E-state index is 10.9. The zero-order valence-electron chi connectivity index (χ0n) is 6.40. The van der Waals surface area contributed by atoms with Gasteiger partial charge in [-0.25, -0.2) is 8.42 Å². The van der Waals surface area contributed by atoms with Crippen molar-refractivity contribution in [1.82, 2.24) is 0 Å². The molecule has 1 fully saturated rings. The van der Waals surface area contributed by atoms with Crippen LogP contribution >= 0.6 is 10.7 Å². The standard InChI is InChI=1S/C6H11ClO4S/c7-12(10,11)6(1-2-6)3-5(9)4-8/h5,8-9H,1-4H2. The SMILES string of the molecule is O=S(=O)(Cl)C1(CC(O)CO)CC1. The maximum Gasteiger partial charge on any atom is 0.238 e. The van der Waals surface area contributed by atoms with Gasteiger partial charge < -0.3 is 10.2 Å². The van der Waals surface area contributed by atoms with Crippen molar-refractivity contribution in [1.29, 1.82) is 0 Å². The molecule has 0 spiro atoms.